The van der Waals surface area contributed by atoms with E-state index in [2.05, 4.69) is 24.1 Å². The molecule has 1 N–H and O–H groups in total. The lowest BCUT2D eigenvalue weighted by molar-refractivity contribution is -0.171. The molecule has 4 bridgehead atoms. The van der Waals surface area contributed by atoms with Gasteiger partial charge in [0.25, 0.3) is 0 Å². The molecule has 3 nitrogen and oxygen atoms in total. The molecule has 0 aromatic rings. The average Bonchev–Trinajstić information content (AvgIpc) is 2.90. The molecule has 0 spiro atoms. The minimum atomic E-state index is -0.0320. The Bertz CT molecular complexity index is 540. The molecule has 2 saturated heterocycles. The molecule has 0 aromatic carbocycles. The van der Waals surface area contributed by atoms with E-state index in [1.165, 1.54) is 58.0 Å². The standard InChI is InChI=1S/C21H34N2O/c1-19-9-15-10-20(2,12-19)14-21(11-15,13-19)18(24)22-16-5-7-23-6-3-4-17(23)8-16/h15-17H,3-14H2,1-2H3,(H,22,24)/t15?,16-,17-,19-,20+,21?/m0/s1. The first-order valence-electron chi connectivity index (χ1n) is 10.4. The summed E-state index contributed by atoms with van der Waals surface area (Å²) < 4.78 is 0. The maximum atomic E-state index is 13.4. The number of hydrogen-bond acceptors (Lipinski definition) is 2. The van der Waals surface area contributed by atoms with Crippen molar-refractivity contribution in [3.05, 3.63) is 0 Å². The molecule has 4 saturated carbocycles. The Morgan fingerprint density at radius 3 is 2.46 bits per heavy atom. The predicted molar refractivity (Wildman–Crippen MR) is 95.6 cm³/mol. The van der Waals surface area contributed by atoms with Gasteiger partial charge in [0.2, 0.25) is 5.91 Å². The SMILES string of the molecule is C[C@]12CC3CC(C(=O)N[C@H]4CCN5CCC[C@H]5C4)(C1)C[C@@](C)(C3)C2. The van der Waals surface area contributed by atoms with Crippen molar-refractivity contribution in [3.8, 4) is 0 Å². The Hall–Kier alpha value is -0.570. The minimum Gasteiger partial charge on any atom is -0.353 e. The second kappa shape index (κ2) is 4.99. The summed E-state index contributed by atoms with van der Waals surface area (Å²) in [7, 11) is 0. The first-order valence-corrected chi connectivity index (χ1v) is 10.4. The van der Waals surface area contributed by atoms with Crippen molar-refractivity contribution >= 4 is 5.91 Å². The van der Waals surface area contributed by atoms with Crippen LogP contribution in [-0.4, -0.2) is 36.0 Å². The van der Waals surface area contributed by atoms with E-state index in [1.807, 2.05) is 0 Å². The summed E-state index contributed by atoms with van der Waals surface area (Å²) in [6, 6.07) is 1.18. The van der Waals surface area contributed by atoms with Gasteiger partial charge in [-0.25, -0.2) is 0 Å². The average molecular weight is 331 g/mol. The first-order chi connectivity index (χ1) is 11.4. The molecule has 2 unspecified atom stereocenters. The highest BCUT2D eigenvalue weighted by Gasteiger charge is 2.62. The van der Waals surface area contributed by atoms with Gasteiger partial charge in [-0.15, -0.1) is 0 Å². The summed E-state index contributed by atoms with van der Waals surface area (Å²) in [5.74, 6) is 1.24. The van der Waals surface area contributed by atoms with Crippen LogP contribution in [0.3, 0.4) is 0 Å². The van der Waals surface area contributed by atoms with Crippen LogP contribution in [0.1, 0.15) is 78.1 Å². The van der Waals surface area contributed by atoms with Gasteiger partial charge in [0.05, 0.1) is 5.41 Å². The number of hydrogen-bond donors (Lipinski definition) is 1. The van der Waals surface area contributed by atoms with Gasteiger partial charge < -0.3 is 10.2 Å². The van der Waals surface area contributed by atoms with Crippen LogP contribution in [0.5, 0.6) is 0 Å². The summed E-state index contributed by atoms with van der Waals surface area (Å²) in [6.07, 6.45) is 12.6. The van der Waals surface area contributed by atoms with Gasteiger partial charge in [-0.05, 0) is 87.5 Å². The van der Waals surface area contributed by atoms with Crippen LogP contribution in [-0.2, 0) is 4.79 Å². The number of carbonyl (C=O) groups is 1. The Balaban J connectivity index is 1.32. The number of nitrogens with one attached hydrogen (secondary N) is 1. The molecule has 2 aliphatic heterocycles. The van der Waals surface area contributed by atoms with Gasteiger partial charge in [0.15, 0.2) is 0 Å². The van der Waals surface area contributed by atoms with Crippen LogP contribution in [0, 0.1) is 22.2 Å². The number of rotatable bonds is 2. The number of fused-ring (bicyclic) bond motifs is 1. The number of piperidine rings is 1. The Labute approximate surface area is 146 Å². The monoisotopic (exact) mass is 330 g/mol. The smallest absolute Gasteiger partial charge is 0.226 e. The lowest BCUT2D eigenvalue weighted by atomic mass is 9.40. The van der Waals surface area contributed by atoms with Crippen LogP contribution >= 0.6 is 0 Å². The summed E-state index contributed by atoms with van der Waals surface area (Å²) in [5, 5.41) is 3.56. The molecule has 3 heteroatoms. The fourth-order valence-corrected chi connectivity index (χ4v) is 8.39. The zero-order chi connectivity index (χ0) is 16.6. The summed E-state index contributed by atoms with van der Waals surface area (Å²) in [6.45, 7) is 7.41. The van der Waals surface area contributed by atoms with Crippen molar-refractivity contribution in [3.63, 3.8) is 0 Å². The quantitative estimate of drug-likeness (QED) is 0.837. The second-order valence-electron chi connectivity index (χ2n) is 10.9. The van der Waals surface area contributed by atoms with Crippen LogP contribution in [0.25, 0.3) is 0 Å². The normalized spacial score (nSPS) is 53.2. The van der Waals surface area contributed by atoms with Crippen molar-refractivity contribution in [1.82, 2.24) is 10.2 Å². The molecule has 6 fully saturated rings. The van der Waals surface area contributed by atoms with Gasteiger partial charge in [-0.3, -0.25) is 4.79 Å². The highest BCUT2D eigenvalue weighted by Crippen LogP contribution is 2.69. The highest BCUT2D eigenvalue weighted by atomic mass is 16.2. The number of carbonyl (C=O) groups excluding carboxylic acids is 1. The molecule has 6 aliphatic rings. The van der Waals surface area contributed by atoms with Gasteiger partial charge in [-0.1, -0.05) is 13.8 Å². The topological polar surface area (TPSA) is 32.3 Å². The van der Waals surface area contributed by atoms with Crippen molar-refractivity contribution in [2.45, 2.75) is 90.1 Å². The lowest BCUT2D eigenvalue weighted by Gasteiger charge is -2.64. The van der Waals surface area contributed by atoms with E-state index in [1.54, 1.807) is 0 Å². The van der Waals surface area contributed by atoms with Crippen molar-refractivity contribution < 1.29 is 4.79 Å². The van der Waals surface area contributed by atoms with Gasteiger partial charge in [0.1, 0.15) is 0 Å². The summed E-state index contributed by atoms with van der Waals surface area (Å²) in [4.78, 5) is 16.1. The summed E-state index contributed by atoms with van der Waals surface area (Å²) >= 11 is 0. The molecule has 4 aliphatic carbocycles. The highest BCUT2D eigenvalue weighted by molar-refractivity contribution is 5.83. The third-order valence-electron chi connectivity index (χ3n) is 8.26. The Morgan fingerprint density at radius 1 is 1.00 bits per heavy atom. The molecule has 6 atom stereocenters. The number of nitrogens with zero attached hydrogens (tertiary/aromatic N) is 1. The third kappa shape index (κ3) is 2.37. The predicted octanol–water partition coefficient (Wildman–Crippen LogP) is 3.73. The molecule has 1 amide bonds. The van der Waals surface area contributed by atoms with E-state index in [4.69, 9.17) is 0 Å². The van der Waals surface area contributed by atoms with E-state index < -0.39 is 0 Å². The first kappa shape index (κ1) is 15.7. The zero-order valence-electron chi connectivity index (χ0n) is 15.6. The Kier molecular flexibility index (Phi) is 3.26. The molecule has 24 heavy (non-hydrogen) atoms. The fourth-order valence-electron chi connectivity index (χ4n) is 8.39. The maximum Gasteiger partial charge on any atom is 0.226 e. The van der Waals surface area contributed by atoms with Crippen molar-refractivity contribution in [2.75, 3.05) is 13.1 Å². The molecule has 0 aromatic heterocycles. The van der Waals surface area contributed by atoms with E-state index in [0.717, 1.165) is 31.2 Å². The molecular weight excluding hydrogens is 296 g/mol. The lowest BCUT2D eigenvalue weighted by Crippen LogP contribution is -2.61. The van der Waals surface area contributed by atoms with E-state index in [0.29, 0.717) is 22.8 Å². The fraction of sp³-hybridized carbons (Fsp3) is 0.952. The number of amides is 1. The van der Waals surface area contributed by atoms with Crippen LogP contribution < -0.4 is 5.32 Å². The maximum absolute atomic E-state index is 13.4. The van der Waals surface area contributed by atoms with Crippen molar-refractivity contribution in [2.24, 2.45) is 22.2 Å². The molecular formula is C21H34N2O. The van der Waals surface area contributed by atoms with Crippen LogP contribution in [0.2, 0.25) is 0 Å². The van der Waals surface area contributed by atoms with Crippen molar-refractivity contribution in [1.29, 1.82) is 0 Å². The van der Waals surface area contributed by atoms with Gasteiger partial charge >= 0.3 is 0 Å². The molecule has 2 heterocycles. The van der Waals surface area contributed by atoms with E-state index >= 15 is 0 Å². The van der Waals surface area contributed by atoms with E-state index in [-0.39, 0.29) is 5.41 Å². The minimum absolute atomic E-state index is 0.0320. The van der Waals surface area contributed by atoms with Gasteiger partial charge in [-0.2, -0.15) is 0 Å². The second-order valence-corrected chi connectivity index (χ2v) is 10.9. The molecule has 134 valence electrons. The largest absolute Gasteiger partial charge is 0.353 e. The molecule has 0 radical (unpaired) electrons. The summed E-state index contributed by atoms with van der Waals surface area (Å²) in [5.41, 5.74) is 0.830. The van der Waals surface area contributed by atoms with Crippen LogP contribution in [0.4, 0.5) is 0 Å². The molecule has 6 rings (SSSR count). The van der Waals surface area contributed by atoms with E-state index in [9.17, 15) is 4.79 Å². The third-order valence-corrected chi connectivity index (χ3v) is 8.26. The van der Waals surface area contributed by atoms with Crippen LogP contribution in [0.15, 0.2) is 0 Å². The van der Waals surface area contributed by atoms with Gasteiger partial charge in [0, 0.05) is 18.6 Å². The Morgan fingerprint density at radius 2 is 1.75 bits per heavy atom. The zero-order valence-corrected chi connectivity index (χ0v) is 15.6.